The van der Waals surface area contributed by atoms with Gasteiger partial charge in [-0.2, -0.15) is 0 Å². The first kappa shape index (κ1) is 55.1. The van der Waals surface area contributed by atoms with Crippen molar-refractivity contribution >= 4 is 112 Å². The Morgan fingerprint density at radius 3 is 1.11 bits per heavy atom. The molecule has 9 heteroatoms. The first-order chi connectivity index (χ1) is 41.0. The number of benzene rings is 14. The van der Waals surface area contributed by atoms with Crippen LogP contribution < -0.4 is 20.3 Å². The molecule has 85 heavy (non-hydrogen) atoms. The van der Waals surface area contributed by atoms with E-state index in [4.69, 9.17) is 5.02 Å². The van der Waals surface area contributed by atoms with Gasteiger partial charge in [-0.15, -0.1) is 0 Å². The van der Waals surface area contributed by atoms with Crippen LogP contribution >= 0.6 is 0 Å². The molecule has 16 rings (SSSR count). The molecular weight excluding hydrogens is 1050 g/mol. The Morgan fingerprint density at radius 2 is 0.624 bits per heavy atom. The van der Waals surface area contributed by atoms with E-state index >= 15 is 0 Å². The van der Waals surface area contributed by atoms with Crippen molar-refractivity contribution in [3.05, 3.63) is 303 Å². The van der Waals surface area contributed by atoms with Crippen LogP contribution in [0, 0.1) is 0 Å². The van der Waals surface area contributed by atoms with Gasteiger partial charge in [-0.05, 0) is 149 Å². The van der Waals surface area contributed by atoms with Crippen LogP contribution in [0.3, 0.4) is 0 Å². The summed E-state index contributed by atoms with van der Waals surface area (Å²) in [5.74, 6) is 0. The van der Waals surface area contributed by atoms with E-state index in [1.165, 1.54) is 104 Å². The van der Waals surface area contributed by atoms with Crippen LogP contribution in [0.5, 0.6) is 0 Å². The van der Waals surface area contributed by atoms with Gasteiger partial charge in [-0.3, -0.25) is 0 Å². The fourth-order valence-corrected chi connectivity index (χ4v) is 12.2. The molecule has 0 aliphatic carbocycles. The van der Waals surface area contributed by atoms with Gasteiger partial charge in [-0.1, -0.05) is 242 Å². The van der Waals surface area contributed by atoms with Crippen molar-refractivity contribution in [2.45, 2.75) is 0 Å². The first-order valence-electron chi connectivity index (χ1n) is 28.0. The molecule has 0 saturated heterocycles. The standard InChI is InChI=1S/C38H25N.C24H17BNO.C14H11BO2.2FH/c1-2-11-30(12-3-1)39-37-17-9-8-16-34(37)36-24-28(22-23-38(36)39)26-18-20-27(21-19-26)35-25-29-10-4-5-13-31(29)32-14-6-7-15-33(32)35;27-25-19-13-10-17(11-14-19)18-12-15-24-22(16-18)21-8-4-5-9-23(21)26(24)20-6-2-1-3-7-20;16-15(17)14-9-10-5-1-2-6-11(10)12-7-3-4-8-13(12)14;;/h1-25H;1-16,27H;1-9,16-17H;2*1H/p-2. The lowest BCUT2D eigenvalue weighted by molar-refractivity contribution is -0.001000. The summed E-state index contributed by atoms with van der Waals surface area (Å²) in [6.07, 6.45) is 0. The van der Waals surface area contributed by atoms with Crippen LogP contribution in [-0.2, 0) is 0 Å². The Bertz CT molecular complexity index is 5050. The zero-order valence-corrected chi connectivity index (χ0v) is 46.0. The lowest BCUT2D eigenvalue weighted by Gasteiger charge is -2.12. The number of nitrogens with zero attached hydrogens (tertiary/aromatic N) is 2. The molecule has 14 aromatic carbocycles. The fourth-order valence-electron chi connectivity index (χ4n) is 12.2. The number of hydrogen-bond donors (Lipinski definition) is 3. The molecule has 16 aromatic rings. The maximum atomic E-state index is 9.44. The van der Waals surface area contributed by atoms with Crippen molar-refractivity contribution in [3.63, 3.8) is 0 Å². The molecule has 5 nitrogen and oxygen atoms in total. The molecule has 0 atom stereocenters. The van der Waals surface area contributed by atoms with E-state index < -0.39 is 7.12 Å². The Labute approximate surface area is 491 Å². The average molecular weight is 1100 g/mol. The second-order valence-corrected chi connectivity index (χ2v) is 21.0. The zero-order valence-electron chi connectivity index (χ0n) is 46.0. The molecule has 0 aliphatic rings. The lowest BCUT2D eigenvalue weighted by Crippen LogP contribution is -3.00. The van der Waals surface area contributed by atoms with E-state index in [0.29, 0.717) is 5.46 Å². The van der Waals surface area contributed by atoms with Crippen LogP contribution in [0.25, 0.3) is 131 Å². The van der Waals surface area contributed by atoms with Crippen molar-refractivity contribution in [3.8, 4) is 44.8 Å². The van der Waals surface area contributed by atoms with E-state index in [0.717, 1.165) is 40.1 Å². The van der Waals surface area contributed by atoms with Gasteiger partial charge in [0, 0.05) is 32.9 Å². The molecule has 0 fully saturated rings. The number of halogens is 2. The second-order valence-electron chi connectivity index (χ2n) is 21.0. The van der Waals surface area contributed by atoms with Crippen molar-refractivity contribution in [1.82, 2.24) is 9.13 Å². The van der Waals surface area contributed by atoms with Crippen LogP contribution in [0.4, 0.5) is 0 Å². The van der Waals surface area contributed by atoms with Crippen LogP contribution in [0.2, 0.25) is 0 Å². The molecule has 0 unspecified atom stereocenters. The van der Waals surface area contributed by atoms with E-state index in [-0.39, 0.29) is 9.41 Å². The molecular formula is C76H53B2F2N2O3-2. The average Bonchev–Trinajstić information content (AvgIpc) is 4.29. The quantitative estimate of drug-likeness (QED) is 0.110. The van der Waals surface area contributed by atoms with Crippen molar-refractivity contribution in [1.29, 1.82) is 0 Å². The van der Waals surface area contributed by atoms with Gasteiger partial charge in [0.2, 0.25) is 0 Å². The number of para-hydroxylation sites is 4. The highest BCUT2D eigenvalue weighted by Crippen LogP contribution is 2.39. The predicted molar refractivity (Wildman–Crippen MR) is 352 cm³/mol. The number of fused-ring (bicyclic) bond motifs is 12. The van der Waals surface area contributed by atoms with Gasteiger partial charge in [0.25, 0.3) is 0 Å². The zero-order chi connectivity index (χ0) is 55.8. The Hall–Kier alpha value is -10.4. The van der Waals surface area contributed by atoms with E-state index in [2.05, 4.69) is 228 Å². The largest absolute Gasteiger partial charge is 1.00 e. The third-order valence-corrected chi connectivity index (χ3v) is 16.1. The molecule has 0 saturated carbocycles. The topological polar surface area (TPSA) is 70.6 Å². The number of aromatic nitrogens is 2. The van der Waals surface area contributed by atoms with Gasteiger partial charge in [0.05, 0.1) is 22.1 Å². The van der Waals surface area contributed by atoms with Crippen LogP contribution in [0.1, 0.15) is 0 Å². The summed E-state index contributed by atoms with van der Waals surface area (Å²) in [7, 11) is -0.315. The minimum absolute atomic E-state index is 0. The molecule has 0 spiro atoms. The SMILES string of the molecule is OB(O)c1cc2ccccc2c2ccccc12.O[B]c1ccc(-c2ccc3c(c2)c2ccccc2n3-c2ccccc2)cc1.[F-].[F-].c1ccc(-n2c3ccccc3c3cc(-c4ccc(-c5cc6ccccc6c6ccccc56)cc4)ccc32)cc1. The summed E-state index contributed by atoms with van der Waals surface area (Å²) >= 11 is 0. The van der Waals surface area contributed by atoms with Crippen molar-refractivity contribution in [2.75, 3.05) is 0 Å². The molecule has 1 radical (unpaired) electrons. The third-order valence-electron chi connectivity index (χ3n) is 16.1. The Balaban J connectivity index is 0.000000134. The smallest absolute Gasteiger partial charge is 0.489 e. The minimum atomic E-state index is -1.44. The molecule has 2 aromatic heterocycles. The highest BCUT2D eigenvalue weighted by atomic mass is 19.0. The van der Waals surface area contributed by atoms with Gasteiger partial charge in [0.15, 0.2) is 0 Å². The van der Waals surface area contributed by atoms with Gasteiger partial charge in [-0.25, -0.2) is 0 Å². The fraction of sp³-hybridized carbons (Fsp3) is 0. The van der Waals surface area contributed by atoms with E-state index in [1.54, 1.807) is 0 Å². The summed E-state index contributed by atoms with van der Waals surface area (Å²) in [4.78, 5) is 0. The second kappa shape index (κ2) is 23.8. The molecule has 0 amide bonds. The summed E-state index contributed by atoms with van der Waals surface area (Å²) in [5.41, 5.74) is 15.9. The molecule has 0 aliphatic heterocycles. The van der Waals surface area contributed by atoms with Crippen LogP contribution in [-0.4, -0.2) is 38.8 Å². The Morgan fingerprint density at radius 1 is 0.271 bits per heavy atom. The predicted octanol–water partition coefficient (Wildman–Crippen LogP) is 10.8. The van der Waals surface area contributed by atoms with Crippen LogP contribution in [0.15, 0.2) is 303 Å². The maximum absolute atomic E-state index is 9.44. The highest BCUT2D eigenvalue weighted by Gasteiger charge is 2.18. The van der Waals surface area contributed by atoms with Gasteiger partial charge >= 0.3 is 14.6 Å². The van der Waals surface area contributed by atoms with Gasteiger partial charge < -0.3 is 33.6 Å². The lowest BCUT2D eigenvalue weighted by atomic mass is 9.76. The summed E-state index contributed by atoms with van der Waals surface area (Å²) in [5, 5.41) is 42.3. The summed E-state index contributed by atoms with van der Waals surface area (Å²) < 4.78 is 4.68. The summed E-state index contributed by atoms with van der Waals surface area (Å²) in [6.45, 7) is 0. The van der Waals surface area contributed by atoms with Crippen molar-refractivity contribution < 1.29 is 24.5 Å². The normalized spacial score (nSPS) is 11.0. The first-order valence-corrected chi connectivity index (χ1v) is 28.0. The number of rotatable bonds is 7. The molecule has 0 bridgehead atoms. The third kappa shape index (κ3) is 10.3. The maximum Gasteiger partial charge on any atom is 0.489 e. The molecule has 3 N–H and O–H groups in total. The van der Waals surface area contributed by atoms with Gasteiger partial charge in [0.1, 0.15) is 0 Å². The highest BCUT2D eigenvalue weighted by molar-refractivity contribution is 6.62. The summed E-state index contributed by atoms with van der Waals surface area (Å²) in [6, 6.07) is 106. The van der Waals surface area contributed by atoms with E-state index in [1.807, 2.05) is 84.9 Å². The molecule has 2 heterocycles. The van der Waals surface area contributed by atoms with E-state index in [9.17, 15) is 10.0 Å². The monoisotopic (exact) mass is 1100 g/mol. The van der Waals surface area contributed by atoms with Crippen molar-refractivity contribution in [2.24, 2.45) is 0 Å². The Kier molecular flexibility index (Phi) is 15.5. The minimum Gasteiger partial charge on any atom is -1.00 e. The number of hydrogen-bond acceptors (Lipinski definition) is 3. The molecule has 407 valence electrons.